The van der Waals surface area contributed by atoms with E-state index >= 15 is 0 Å². The fourth-order valence-electron chi connectivity index (χ4n) is 1.88. The summed E-state index contributed by atoms with van der Waals surface area (Å²) in [6.45, 7) is 3.88. The van der Waals surface area contributed by atoms with Crippen LogP contribution in [0.2, 0.25) is 15.1 Å². The first kappa shape index (κ1) is 21.1. The molecule has 0 saturated carbocycles. The molecule has 21 heavy (non-hydrogen) atoms. The van der Waals surface area contributed by atoms with E-state index in [2.05, 4.69) is 15.5 Å². The molecule has 0 aromatic heterocycles. The van der Waals surface area contributed by atoms with Crippen LogP contribution in [-0.2, 0) is 4.79 Å². The first-order valence-electron chi connectivity index (χ1n) is 5.94. The molecule has 0 aliphatic carbocycles. The predicted molar refractivity (Wildman–Crippen MR) is 93.9 cm³/mol. The van der Waals surface area contributed by atoms with Gasteiger partial charge in [-0.2, -0.15) is 0 Å². The topological polar surface area (TPSA) is 44.4 Å². The molecule has 1 heterocycles. The Morgan fingerprint density at radius 2 is 1.67 bits per heavy atom. The Balaban J connectivity index is 0.00000200. The first-order chi connectivity index (χ1) is 9.06. The van der Waals surface area contributed by atoms with Gasteiger partial charge in [0.15, 0.2) is 0 Å². The maximum Gasteiger partial charge on any atom is 0.238 e. The van der Waals surface area contributed by atoms with Gasteiger partial charge in [-0.3, -0.25) is 9.69 Å². The number of nitrogens with one attached hydrogen (secondary N) is 2. The van der Waals surface area contributed by atoms with Crippen LogP contribution in [0.5, 0.6) is 0 Å². The number of carbonyl (C=O) groups is 1. The molecule has 0 spiro atoms. The smallest absolute Gasteiger partial charge is 0.238 e. The number of rotatable bonds is 3. The summed E-state index contributed by atoms with van der Waals surface area (Å²) in [6.07, 6.45) is 0. The molecule has 4 nitrogen and oxygen atoms in total. The summed E-state index contributed by atoms with van der Waals surface area (Å²) < 4.78 is 0. The minimum absolute atomic E-state index is 0. The van der Waals surface area contributed by atoms with Gasteiger partial charge in [0.1, 0.15) is 0 Å². The van der Waals surface area contributed by atoms with Gasteiger partial charge in [-0.25, -0.2) is 0 Å². The number of hydrogen-bond donors (Lipinski definition) is 2. The van der Waals surface area contributed by atoms with Crippen molar-refractivity contribution in [3.8, 4) is 0 Å². The molecule has 9 heteroatoms. The van der Waals surface area contributed by atoms with Crippen LogP contribution in [0.1, 0.15) is 0 Å². The molecule has 0 radical (unpaired) electrons. The van der Waals surface area contributed by atoms with Crippen LogP contribution in [0.4, 0.5) is 5.69 Å². The van der Waals surface area contributed by atoms with Gasteiger partial charge in [-0.15, -0.1) is 24.8 Å². The van der Waals surface area contributed by atoms with E-state index in [4.69, 9.17) is 34.8 Å². The third kappa shape index (κ3) is 6.37. The second-order valence-corrected chi connectivity index (χ2v) is 5.54. The zero-order valence-electron chi connectivity index (χ0n) is 11.0. The first-order valence-corrected chi connectivity index (χ1v) is 7.07. The van der Waals surface area contributed by atoms with Crippen molar-refractivity contribution in [2.75, 3.05) is 38.0 Å². The van der Waals surface area contributed by atoms with E-state index in [-0.39, 0.29) is 30.7 Å². The largest absolute Gasteiger partial charge is 0.324 e. The van der Waals surface area contributed by atoms with Crippen molar-refractivity contribution >= 4 is 71.2 Å². The Morgan fingerprint density at radius 1 is 1.10 bits per heavy atom. The van der Waals surface area contributed by atoms with Gasteiger partial charge in [-0.05, 0) is 12.1 Å². The summed E-state index contributed by atoms with van der Waals surface area (Å²) in [6, 6.07) is 3.08. The molecule has 0 atom stereocenters. The summed E-state index contributed by atoms with van der Waals surface area (Å²) in [4.78, 5) is 14.0. The van der Waals surface area contributed by atoms with E-state index in [1.165, 1.54) is 6.07 Å². The van der Waals surface area contributed by atoms with Gasteiger partial charge in [0.05, 0.1) is 27.3 Å². The van der Waals surface area contributed by atoms with Crippen LogP contribution in [0, 0.1) is 0 Å². The fraction of sp³-hybridized carbons (Fsp3) is 0.417. The number of piperazine rings is 1. The lowest BCUT2D eigenvalue weighted by molar-refractivity contribution is -0.117. The molecule has 1 aliphatic heterocycles. The second-order valence-electron chi connectivity index (χ2n) is 4.32. The molecule has 0 bridgehead atoms. The molecule has 1 saturated heterocycles. The molecule has 2 N–H and O–H groups in total. The monoisotopic (exact) mass is 393 g/mol. The average molecular weight is 396 g/mol. The number of carbonyl (C=O) groups excluding carboxylic acids is 1. The van der Waals surface area contributed by atoms with Gasteiger partial charge >= 0.3 is 0 Å². The Kier molecular flexibility index (Phi) is 9.98. The van der Waals surface area contributed by atoms with Crippen molar-refractivity contribution in [1.82, 2.24) is 10.2 Å². The summed E-state index contributed by atoms with van der Waals surface area (Å²) in [5.74, 6) is -0.109. The van der Waals surface area contributed by atoms with Gasteiger partial charge in [0.25, 0.3) is 0 Å². The summed E-state index contributed by atoms with van der Waals surface area (Å²) in [5.41, 5.74) is 0.483. The van der Waals surface area contributed by atoms with Gasteiger partial charge in [0.2, 0.25) is 5.91 Å². The van der Waals surface area contributed by atoms with E-state index in [9.17, 15) is 4.79 Å². The third-order valence-electron chi connectivity index (χ3n) is 2.86. The Labute approximate surface area is 151 Å². The number of hydrogen-bond acceptors (Lipinski definition) is 3. The number of benzene rings is 1. The van der Waals surface area contributed by atoms with E-state index < -0.39 is 0 Å². The van der Waals surface area contributed by atoms with E-state index in [0.717, 1.165) is 26.2 Å². The highest BCUT2D eigenvalue weighted by Gasteiger charge is 2.15. The molecule has 1 fully saturated rings. The number of amides is 1. The minimum atomic E-state index is -0.109. The van der Waals surface area contributed by atoms with Gasteiger partial charge in [-0.1, -0.05) is 34.8 Å². The van der Waals surface area contributed by atoms with Crippen molar-refractivity contribution in [3.05, 3.63) is 27.2 Å². The molecule has 1 aliphatic rings. The molecule has 0 unspecified atom stereocenters. The van der Waals surface area contributed by atoms with Crippen molar-refractivity contribution in [2.24, 2.45) is 0 Å². The van der Waals surface area contributed by atoms with Crippen LogP contribution in [0.15, 0.2) is 12.1 Å². The summed E-state index contributed by atoms with van der Waals surface area (Å²) in [7, 11) is 0. The normalized spacial score (nSPS) is 14.8. The average Bonchev–Trinajstić information content (AvgIpc) is 2.37. The zero-order valence-corrected chi connectivity index (χ0v) is 14.9. The minimum Gasteiger partial charge on any atom is -0.324 e. The lowest BCUT2D eigenvalue weighted by Gasteiger charge is -2.26. The highest BCUT2D eigenvalue weighted by Crippen LogP contribution is 2.32. The third-order valence-corrected chi connectivity index (χ3v) is 3.90. The number of anilines is 1. The summed E-state index contributed by atoms with van der Waals surface area (Å²) >= 11 is 17.7. The standard InChI is InChI=1S/C12H14Cl3N3O.2ClH/c13-8-5-10(15)11(6-9(8)14)17-12(19)7-18-3-1-16-2-4-18;;/h5-6,16H,1-4,7H2,(H,17,19);2*1H. The lowest BCUT2D eigenvalue weighted by Crippen LogP contribution is -2.46. The van der Waals surface area contributed by atoms with Crippen LogP contribution in [0.25, 0.3) is 0 Å². The maximum atomic E-state index is 11.9. The zero-order chi connectivity index (χ0) is 13.8. The van der Waals surface area contributed by atoms with Crippen molar-refractivity contribution < 1.29 is 4.79 Å². The van der Waals surface area contributed by atoms with E-state index in [1.54, 1.807) is 6.07 Å². The molecular weight excluding hydrogens is 379 g/mol. The molecule has 1 aromatic carbocycles. The lowest BCUT2D eigenvalue weighted by atomic mass is 10.3. The van der Waals surface area contributed by atoms with Crippen molar-refractivity contribution in [1.29, 1.82) is 0 Å². The van der Waals surface area contributed by atoms with Gasteiger partial charge in [0, 0.05) is 26.2 Å². The fourth-order valence-corrected chi connectivity index (χ4v) is 2.47. The molecule has 1 aromatic rings. The Hall–Kier alpha value is 0.0600. The molecule has 1 amide bonds. The molecule has 2 rings (SSSR count). The van der Waals surface area contributed by atoms with Crippen LogP contribution < -0.4 is 10.6 Å². The quantitative estimate of drug-likeness (QED) is 0.772. The molecular formula is C12H16Cl5N3O. The maximum absolute atomic E-state index is 11.9. The van der Waals surface area contributed by atoms with Crippen LogP contribution in [0.3, 0.4) is 0 Å². The Bertz CT molecular complexity index is 480. The van der Waals surface area contributed by atoms with Gasteiger partial charge < -0.3 is 10.6 Å². The van der Waals surface area contributed by atoms with Crippen LogP contribution in [-0.4, -0.2) is 43.5 Å². The van der Waals surface area contributed by atoms with E-state index in [1.807, 2.05) is 0 Å². The predicted octanol–water partition coefficient (Wildman–Crippen LogP) is 3.33. The highest BCUT2D eigenvalue weighted by atomic mass is 35.5. The SMILES string of the molecule is Cl.Cl.O=C(CN1CCNCC1)Nc1cc(Cl)c(Cl)cc1Cl. The molecule has 120 valence electrons. The number of nitrogens with zero attached hydrogens (tertiary/aromatic N) is 1. The summed E-state index contributed by atoms with van der Waals surface area (Å²) in [5, 5.41) is 7.09. The van der Waals surface area contributed by atoms with E-state index in [0.29, 0.717) is 27.3 Å². The van der Waals surface area contributed by atoms with Crippen molar-refractivity contribution in [3.63, 3.8) is 0 Å². The van der Waals surface area contributed by atoms with Crippen molar-refractivity contribution in [2.45, 2.75) is 0 Å². The Morgan fingerprint density at radius 3 is 2.29 bits per heavy atom. The number of halogens is 5. The second kappa shape index (κ2) is 9.95. The highest BCUT2D eigenvalue weighted by molar-refractivity contribution is 6.44. The van der Waals surface area contributed by atoms with Crippen LogP contribution >= 0.6 is 59.6 Å².